The molecule has 40 heavy (non-hydrogen) atoms. The fourth-order valence-electron chi connectivity index (χ4n) is 5.04. The zero-order valence-corrected chi connectivity index (χ0v) is 22.2. The van der Waals surface area contributed by atoms with Crippen molar-refractivity contribution < 1.29 is 18.7 Å². The van der Waals surface area contributed by atoms with Crippen LogP contribution in [0.2, 0.25) is 0 Å². The van der Waals surface area contributed by atoms with Crippen molar-refractivity contribution in [3.8, 4) is 5.69 Å². The number of benzene rings is 3. The molecular weight excluding hydrogens is 515 g/mol. The lowest BCUT2D eigenvalue weighted by Crippen LogP contribution is -2.44. The van der Waals surface area contributed by atoms with Crippen LogP contribution >= 0.6 is 0 Å². The lowest BCUT2D eigenvalue weighted by atomic mass is 9.97. The molecule has 4 aromatic rings. The van der Waals surface area contributed by atoms with Gasteiger partial charge in [0.05, 0.1) is 18.4 Å². The average molecular weight is 545 g/mol. The molecule has 1 aliphatic rings. The fourth-order valence-corrected chi connectivity index (χ4v) is 5.04. The summed E-state index contributed by atoms with van der Waals surface area (Å²) in [5.74, 6) is -2.05. The number of hydrogen-bond donors (Lipinski definition) is 1. The first-order valence-corrected chi connectivity index (χ1v) is 13.0. The van der Waals surface area contributed by atoms with Crippen molar-refractivity contribution in [1.82, 2.24) is 19.4 Å². The third kappa shape index (κ3) is 5.17. The molecule has 0 bridgehead atoms. The summed E-state index contributed by atoms with van der Waals surface area (Å²) in [4.78, 5) is 53.7. The van der Waals surface area contributed by atoms with Gasteiger partial charge in [-0.15, -0.1) is 0 Å². The normalized spacial score (nSPS) is 14.0. The molecule has 0 spiro atoms. The monoisotopic (exact) mass is 544 g/mol. The van der Waals surface area contributed by atoms with Gasteiger partial charge in [-0.05, 0) is 48.2 Å². The summed E-state index contributed by atoms with van der Waals surface area (Å²) >= 11 is 0. The molecule has 0 radical (unpaired) electrons. The van der Waals surface area contributed by atoms with Crippen LogP contribution in [0.15, 0.2) is 76.4 Å². The third-order valence-electron chi connectivity index (χ3n) is 7.27. The summed E-state index contributed by atoms with van der Waals surface area (Å²) < 4.78 is 22.3. The van der Waals surface area contributed by atoms with Crippen molar-refractivity contribution in [3.63, 3.8) is 0 Å². The lowest BCUT2D eigenvalue weighted by molar-refractivity contribution is -0.142. The van der Waals surface area contributed by atoms with Gasteiger partial charge < -0.3 is 14.6 Å². The summed E-state index contributed by atoms with van der Waals surface area (Å²) in [6.07, 6.45) is 2.50. The average Bonchev–Trinajstić information content (AvgIpc) is 2.92. The van der Waals surface area contributed by atoms with Gasteiger partial charge in [0.2, 0.25) is 0 Å². The molecule has 1 saturated heterocycles. The number of rotatable bonds is 8. The number of amides is 1. The molecule has 1 atom stereocenters. The van der Waals surface area contributed by atoms with Crippen molar-refractivity contribution in [1.29, 1.82) is 0 Å². The van der Waals surface area contributed by atoms with E-state index in [9.17, 15) is 23.6 Å². The molecule has 10 heteroatoms. The number of aryl methyl sites for hydroxylation is 1. The van der Waals surface area contributed by atoms with E-state index in [1.807, 2.05) is 6.07 Å². The topological polar surface area (TPSA) is 103 Å². The highest BCUT2D eigenvalue weighted by molar-refractivity contribution is 5.99. The summed E-state index contributed by atoms with van der Waals surface area (Å²) in [6, 6.07) is 15.2. The van der Waals surface area contributed by atoms with Crippen LogP contribution < -0.4 is 16.6 Å². The summed E-state index contributed by atoms with van der Waals surface area (Å²) in [5, 5.41) is 3.98. The highest BCUT2D eigenvalue weighted by Crippen LogP contribution is 2.26. The lowest BCUT2D eigenvalue weighted by Gasteiger charge is -2.31. The number of fused-ring (bicyclic) bond motifs is 1. The van der Waals surface area contributed by atoms with Crippen LogP contribution in [0.25, 0.3) is 16.5 Å². The van der Waals surface area contributed by atoms with E-state index in [0.717, 1.165) is 24.1 Å². The number of carbonyl (C=O) groups excluding carboxylic acids is 2. The van der Waals surface area contributed by atoms with Gasteiger partial charge in [0.25, 0.3) is 11.5 Å². The Labute approximate surface area is 229 Å². The van der Waals surface area contributed by atoms with Crippen molar-refractivity contribution in [2.75, 3.05) is 20.2 Å². The van der Waals surface area contributed by atoms with Crippen LogP contribution in [0.1, 0.15) is 27.9 Å². The molecule has 2 heterocycles. The van der Waals surface area contributed by atoms with E-state index in [4.69, 9.17) is 4.74 Å². The van der Waals surface area contributed by atoms with Gasteiger partial charge in [-0.3, -0.25) is 14.5 Å². The number of methoxy groups -OCH3 is 1. The molecule has 1 N–H and O–H groups in total. The molecule has 1 aliphatic heterocycles. The van der Waals surface area contributed by atoms with E-state index in [1.54, 1.807) is 49.5 Å². The second-order valence-corrected chi connectivity index (χ2v) is 9.83. The minimum absolute atomic E-state index is 0.0385. The van der Waals surface area contributed by atoms with E-state index in [2.05, 4.69) is 10.2 Å². The van der Waals surface area contributed by atoms with E-state index in [1.165, 1.54) is 30.0 Å². The van der Waals surface area contributed by atoms with Crippen LogP contribution in [0.3, 0.4) is 0 Å². The first-order valence-electron chi connectivity index (χ1n) is 13.0. The van der Waals surface area contributed by atoms with Crippen LogP contribution in [0.5, 0.6) is 0 Å². The van der Waals surface area contributed by atoms with Gasteiger partial charge >= 0.3 is 11.7 Å². The quantitative estimate of drug-likeness (QED) is 0.342. The number of halogens is 1. The number of ether oxygens (including phenoxy) is 1. The molecule has 0 saturated carbocycles. The molecule has 5 rings (SSSR count). The second-order valence-electron chi connectivity index (χ2n) is 9.83. The maximum absolute atomic E-state index is 14.9. The van der Waals surface area contributed by atoms with E-state index in [-0.39, 0.29) is 12.0 Å². The molecule has 0 aliphatic carbocycles. The Morgan fingerprint density at radius 1 is 0.975 bits per heavy atom. The molecule has 1 amide bonds. The standard InChI is InChI=1S/C30H29FN4O5/c1-33-16-13-26(36)35(30(33)39)25-12-5-9-21-19(7-3-10-22(21)25)17-24(29(38)40-2)32-28(37)27-20(8-4-11-23(27)31)18-34-14-6-15-34/h3-5,7-13,16,24H,6,14-15,17-18H2,1-2H3,(H,32,37)/t24-/m0/s1. The molecule has 0 unspecified atom stereocenters. The minimum atomic E-state index is -1.12. The maximum Gasteiger partial charge on any atom is 0.335 e. The van der Waals surface area contributed by atoms with Gasteiger partial charge in [-0.2, -0.15) is 0 Å². The van der Waals surface area contributed by atoms with Gasteiger partial charge in [0.15, 0.2) is 0 Å². The van der Waals surface area contributed by atoms with Crippen LogP contribution in [0, 0.1) is 5.82 Å². The Morgan fingerprint density at radius 3 is 2.40 bits per heavy atom. The molecule has 1 aromatic heterocycles. The summed E-state index contributed by atoms with van der Waals surface area (Å²) in [6.45, 7) is 2.20. The van der Waals surface area contributed by atoms with Crippen molar-refractivity contribution in [3.05, 3.63) is 110 Å². The van der Waals surface area contributed by atoms with Crippen molar-refractivity contribution in [2.45, 2.75) is 25.4 Å². The molecule has 1 fully saturated rings. The Morgan fingerprint density at radius 2 is 1.68 bits per heavy atom. The van der Waals surface area contributed by atoms with Gasteiger partial charge in [0.1, 0.15) is 11.9 Å². The number of esters is 1. The number of carbonyl (C=O) groups is 2. The largest absolute Gasteiger partial charge is 0.467 e. The number of likely N-dealkylation sites (tertiary alicyclic amines) is 1. The zero-order chi connectivity index (χ0) is 28.4. The van der Waals surface area contributed by atoms with E-state index < -0.39 is 35.0 Å². The molecule has 3 aromatic carbocycles. The number of nitrogens with one attached hydrogen (secondary N) is 1. The smallest absolute Gasteiger partial charge is 0.335 e. The third-order valence-corrected chi connectivity index (χ3v) is 7.27. The fraction of sp³-hybridized carbons (Fsp3) is 0.267. The Kier molecular flexibility index (Phi) is 7.61. The van der Waals surface area contributed by atoms with E-state index >= 15 is 0 Å². The number of nitrogens with zero attached hydrogens (tertiary/aromatic N) is 3. The Bertz CT molecular complexity index is 1720. The highest BCUT2D eigenvalue weighted by Gasteiger charge is 2.27. The minimum Gasteiger partial charge on any atom is -0.467 e. The maximum atomic E-state index is 14.9. The van der Waals surface area contributed by atoms with Gasteiger partial charge in [-0.25, -0.2) is 18.5 Å². The zero-order valence-electron chi connectivity index (χ0n) is 22.2. The number of aromatic nitrogens is 2. The van der Waals surface area contributed by atoms with Gasteiger partial charge in [-0.1, -0.05) is 42.5 Å². The molecular formula is C30H29FN4O5. The number of hydrogen-bond acceptors (Lipinski definition) is 6. The van der Waals surface area contributed by atoms with Crippen molar-refractivity contribution >= 4 is 22.6 Å². The van der Waals surface area contributed by atoms with Gasteiger partial charge in [0, 0.05) is 37.7 Å². The van der Waals surface area contributed by atoms with Crippen LogP contribution in [0.4, 0.5) is 4.39 Å². The van der Waals surface area contributed by atoms with Crippen LogP contribution in [-0.2, 0) is 29.5 Å². The second kappa shape index (κ2) is 11.3. The van der Waals surface area contributed by atoms with E-state index in [0.29, 0.717) is 34.1 Å². The highest BCUT2D eigenvalue weighted by atomic mass is 19.1. The predicted molar refractivity (Wildman–Crippen MR) is 148 cm³/mol. The Balaban J connectivity index is 1.50. The Hall–Kier alpha value is -4.57. The SMILES string of the molecule is COC(=O)[C@H](Cc1cccc2c(-n3c(=O)ccn(C)c3=O)cccc12)NC(=O)c1c(F)cccc1CN1CCC1. The summed E-state index contributed by atoms with van der Waals surface area (Å²) in [7, 11) is 2.78. The van der Waals surface area contributed by atoms with Crippen molar-refractivity contribution in [2.24, 2.45) is 7.05 Å². The molecule has 206 valence electrons. The van der Waals surface area contributed by atoms with Crippen LogP contribution in [-0.4, -0.2) is 52.2 Å². The molecule has 9 nitrogen and oxygen atoms in total. The summed E-state index contributed by atoms with van der Waals surface area (Å²) in [5.41, 5.74) is 0.549. The predicted octanol–water partition coefficient (Wildman–Crippen LogP) is 2.55. The first-order chi connectivity index (χ1) is 19.3. The first kappa shape index (κ1) is 27.0.